The molecular formula is C26H31FN4O3. The standard InChI is InChI=1S/C26H31FN4O3/c1-15-22(19-8-6-7-9-20(19)34-26(15,4)5)29-23(33)17-10-16(11-18(27)12-17)14-31-21(32)13-25(2,3)30-24(31)28/h6-12,15,22H,13-14H2,1-5H3,(H2,28,30)(H,29,33)/t15-,22-/m0/s1. The zero-order chi connectivity index (χ0) is 24.8. The van der Waals surface area contributed by atoms with E-state index in [0.29, 0.717) is 11.3 Å². The molecule has 4 rings (SSSR count). The Kier molecular flexibility index (Phi) is 5.87. The smallest absolute Gasteiger partial charge is 0.251 e. The molecule has 3 N–H and O–H groups in total. The van der Waals surface area contributed by atoms with Crippen LogP contribution < -0.4 is 15.4 Å². The van der Waals surface area contributed by atoms with Crippen LogP contribution in [0.2, 0.25) is 0 Å². The average Bonchev–Trinajstić information content (AvgIpc) is 2.72. The predicted molar refractivity (Wildman–Crippen MR) is 127 cm³/mol. The highest BCUT2D eigenvalue weighted by Gasteiger charge is 2.41. The third kappa shape index (κ3) is 4.62. The van der Waals surface area contributed by atoms with Crippen molar-refractivity contribution in [3.05, 3.63) is 65.0 Å². The van der Waals surface area contributed by atoms with Crippen molar-refractivity contribution in [1.82, 2.24) is 15.5 Å². The Bertz CT molecular complexity index is 1140. The van der Waals surface area contributed by atoms with Crippen molar-refractivity contribution in [2.75, 3.05) is 0 Å². The molecule has 2 amide bonds. The zero-order valence-corrected chi connectivity index (χ0v) is 20.2. The third-order valence-corrected chi connectivity index (χ3v) is 6.69. The fourth-order valence-electron chi connectivity index (χ4n) is 4.56. The SMILES string of the molecule is C[C@H]1[C@H](NC(=O)c2cc(F)cc(CN3C(=N)NC(C)(C)CC3=O)c2)c2ccccc2OC1(C)C. The first-order valence-corrected chi connectivity index (χ1v) is 11.4. The van der Waals surface area contributed by atoms with Crippen molar-refractivity contribution in [2.24, 2.45) is 5.92 Å². The predicted octanol–water partition coefficient (Wildman–Crippen LogP) is 4.14. The first-order valence-electron chi connectivity index (χ1n) is 11.4. The van der Waals surface area contributed by atoms with Gasteiger partial charge in [-0.1, -0.05) is 25.1 Å². The number of para-hydroxylation sites is 1. The van der Waals surface area contributed by atoms with E-state index in [1.165, 1.54) is 17.0 Å². The van der Waals surface area contributed by atoms with Crippen LogP contribution in [-0.4, -0.2) is 33.8 Å². The van der Waals surface area contributed by atoms with Crippen LogP contribution in [0.5, 0.6) is 5.75 Å². The van der Waals surface area contributed by atoms with E-state index in [-0.39, 0.29) is 42.4 Å². The van der Waals surface area contributed by atoms with Gasteiger partial charge in [0, 0.05) is 29.0 Å². The van der Waals surface area contributed by atoms with E-state index in [2.05, 4.69) is 10.6 Å². The molecule has 0 aromatic heterocycles. The Morgan fingerprint density at radius 1 is 1.24 bits per heavy atom. The molecule has 2 aromatic carbocycles. The normalized spacial score (nSPS) is 22.9. The fraction of sp³-hybridized carbons (Fsp3) is 0.423. The molecule has 8 heteroatoms. The molecule has 0 unspecified atom stereocenters. The highest BCUT2D eigenvalue weighted by molar-refractivity contribution is 5.99. The van der Waals surface area contributed by atoms with Crippen LogP contribution in [0.25, 0.3) is 0 Å². The van der Waals surface area contributed by atoms with Gasteiger partial charge in [-0.15, -0.1) is 0 Å². The van der Waals surface area contributed by atoms with E-state index in [4.69, 9.17) is 10.1 Å². The van der Waals surface area contributed by atoms with E-state index < -0.39 is 22.9 Å². The Labute approximate surface area is 199 Å². The number of carbonyl (C=O) groups is 2. The Morgan fingerprint density at radius 2 is 1.94 bits per heavy atom. The van der Waals surface area contributed by atoms with Crippen molar-refractivity contribution < 1.29 is 18.7 Å². The number of nitrogens with zero attached hydrogens (tertiary/aromatic N) is 1. The quantitative estimate of drug-likeness (QED) is 0.631. The second-order valence-corrected chi connectivity index (χ2v) is 10.3. The maximum absolute atomic E-state index is 14.5. The second-order valence-electron chi connectivity index (χ2n) is 10.3. The van der Waals surface area contributed by atoms with Gasteiger partial charge in [0.1, 0.15) is 17.2 Å². The summed E-state index contributed by atoms with van der Waals surface area (Å²) in [6.07, 6.45) is 0.217. The number of ether oxygens (including phenoxy) is 1. The summed E-state index contributed by atoms with van der Waals surface area (Å²) in [7, 11) is 0. The molecule has 34 heavy (non-hydrogen) atoms. The second kappa shape index (κ2) is 8.42. The van der Waals surface area contributed by atoms with Crippen LogP contribution in [0.15, 0.2) is 42.5 Å². The molecular weight excluding hydrogens is 435 g/mol. The van der Waals surface area contributed by atoms with Crippen LogP contribution in [0.3, 0.4) is 0 Å². The van der Waals surface area contributed by atoms with Crippen LogP contribution in [-0.2, 0) is 11.3 Å². The van der Waals surface area contributed by atoms with E-state index in [0.717, 1.165) is 5.56 Å². The minimum Gasteiger partial charge on any atom is -0.487 e. The molecule has 0 bridgehead atoms. The molecule has 0 saturated carbocycles. The molecule has 0 spiro atoms. The van der Waals surface area contributed by atoms with Gasteiger partial charge < -0.3 is 15.4 Å². The molecule has 0 radical (unpaired) electrons. The lowest BCUT2D eigenvalue weighted by molar-refractivity contribution is -0.130. The number of fused-ring (bicyclic) bond motifs is 1. The minimum absolute atomic E-state index is 0.00230. The van der Waals surface area contributed by atoms with Gasteiger partial charge in [-0.3, -0.25) is 19.9 Å². The summed E-state index contributed by atoms with van der Waals surface area (Å²) in [5.41, 5.74) is 0.455. The van der Waals surface area contributed by atoms with Gasteiger partial charge in [-0.05, 0) is 57.5 Å². The van der Waals surface area contributed by atoms with Crippen molar-refractivity contribution in [3.8, 4) is 5.75 Å². The van der Waals surface area contributed by atoms with E-state index in [9.17, 15) is 14.0 Å². The minimum atomic E-state index is -0.576. The molecule has 7 nitrogen and oxygen atoms in total. The van der Waals surface area contributed by atoms with Gasteiger partial charge in [-0.25, -0.2) is 4.39 Å². The summed E-state index contributed by atoms with van der Waals surface area (Å²) < 4.78 is 20.6. The van der Waals surface area contributed by atoms with Gasteiger partial charge in [0.05, 0.1) is 12.6 Å². The number of nitrogens with one attached hydrogen (secondary N) is 3. The maximum Gasteiger partial charge on any atom is 0.251 e. The maximum atomic E-state index is 14.5. The average molecular weight is 467 g/mol. The fourth-order valence-corrected chi connectivity index (χ4v) is 4.56. The Hall–Kier alpha value is -3.42. The Morgan fingerprint density at radius 3 is 2.65 bits per heavy atom. The molecule has 2 aliphatic heterocycles. The lowest BCUT2D eigenvalue weighted by Gasteiger charge is -2.43. The van der Waals surface area contributed by atoms with Crippen molar-refractivity contribution in [1.29, 1.82) is 5.41 Å². The summed E-state index contributed by atoms with van der Waals surface area (Å²) in [4.78, 5) is 27.1. The summed E-state index contributed by atoms with van der Waals surface area (Å²) in [5, 5.41) is 14.2. The summed E-state index contributed by atoms with van der Waals surface area (Å²) in [6, 6.07) is 11.3. The lowest BCUT2D eigenvalue weighted by atomic mass is 9.79. The van der Waals surface area contributed by atoms with Crippen molar-refractivity contribution >= 4 is 17.8 Å². The lowest BCUT2D eigenvalue weighted by Crippen LogP contribution is -2.59. The van der Waals surface area contributed by atoms with Gasteiger partial charge in [0.25, 0.3) is 5.91 Å². The molecule has 2 heterocycles. The van der Waals surface area contributed by atoms with Crippen LogP contribution in [0, 0.1) is 17.1 Å². The molecule has 2 aliphatic rings. The van der Waals surface area contributed by atoms with Gasteiger partial charge >= 0.3 is 0 Å². The number of hydrogen-bond donors (Lipinski definition) is 3. The first kappa shape index (κ1) is 23.7. The number of guanidine groups is 1. The topological polar surface area (TPSA) is 94.5 Å². The van der Waals surface area contributed by atoms with E-state index >= 15 is 0 Å². The number of carbonyl (C=O) groups excluding carboxylic acids is 2. The van der Waals surface area contributed by atoms with Crippen molar-refractivity contribution in [2.45, 2.75) is 64.8 Å². The van der Waals surface area contributed by atoms with Gasteiger partial charge in [0.15, 0.2) is 5.96 Å². The third-order valence-electron chi connectivity index (χ3n) is 6.69. The molecule has 0 aliphatic carbocycles. The van der Waals surface area contributed by atoms with E-state index in [1.807, 2.05) is 58.9 Å². The Balaban J connectivity index is 1.57. The first-order chi connectivity index (χ1) is 15.9. The summed E-state index contributed by atoms with van der Waals surface area (Å²) in [6.45, 7) is 9.67. The number of hydrogen-bond acceptors (Lipinski definition) is 4. The molecule has 1 fully saturated rings. The summed E-state index contributed by atoms with van der Waals surface area (Å²) >= 11 is 0. The van der Waals surface area contributed by atoms with Crippen molar-refractivity contribution in [3.63, 3.8) is 0 Å². The summed E-state index contributed by atoms with van der Waals surface area (Å²) in [5.74, 6) is -0.573. The zero-order valence-electron chi connectivity index (χ0n) is 20.2. The number of halogens is 1. The van der Waals surface area contributed by atoms with Crippen LogP contribution in [0.4, 0.5) is 4.39 Å². The van der Waals surface area contributed by atoms with Gasteiger partial charge in [-0.2, -0.15) is 0 Å². The van der Waals surface area contributed by atoms with Gasteiger partial charge in [0.2, 0.25) is 5.91 Å². The number of benzene rings is 2. The highest BCUT2D eigenvalue weighted by atomic mass is 19.1. The van der Waals surface area contributed by atoms with Crippen LogP contribution >= 0.6 is 0 Å². The largest absolute Gasteiger partial charge is 0.487 e. The molecule has 2 atom stereocenters. The molecule has 2 aromatic rings. The molecule has 180 valence electrons. The highest BCUT2D eigenvalue weighted by Crippen LogP contribution is 2.43. The van der Waals surface area contributed by atoms with Crippen LogP contribution in [0.1, 0.15) is 68.6 Å². The molecule has 1 saturated heterocycles. The van der Waals surface area contributed by atoms with E-state index in [1.54, 1.807) is 6.07 Å². The number of amides is 2. The number of rotatable bonds is 4. The monoisotopic (exact) mass is 466 g/mol.